The Labute approximate surface area is 177 Å². The van der Waals surface area contributed by atoms with Gasteiger partial charge >= 0.3 is 5.97 Å². The molecule has 7 nitrogen and oxygen atoms in total. The molecule has 1 heterocycles. The van der Waals surface area contributed by atoms with Crippen LogP contribution in [0.15, 0.2) is 53.4 Å². The number of anilines is 1. The summed E-state index contributed by atoms with van der Waals surface area (Å²) in [6.45, 7) is 3.47. The topological polar surface area (TPSA) is 92.8 Å². The number of carbonyl (C=O) groups excluding carboxylic acids is 2. The van der Waals surface area contributed by atoms with Crippen LogP contribution in [0, 0.1) is 0 Å². The molecule has 0 radical (unpaired) electrons. The smallest absolute Gasteiger partial charge is 0.338 e. The first-order valence-electron chi connectivity index (χ1n) is 10.1. The number of hydrogen-bond donors (Lipinski definition) is 1. The third kappa shape index (κ3) is 5.25. The molecule has 0 aliphatic carbocycles. The van der Waals surface area contributed by atoms with Crippen molar-refractivity contribution < 1.29 is 22.7 Å². The molecule has 0 atom stereocenters. The lowest BCUT2D eigenvalue weighted by atomic mass is 10.2. The van der Waals surface area contributed by atoms with Gasteiger partial charge in [0.1, 0.15) is 0 Å². The summed E-state index contributed by atoms with van der Waals surface area (Å²) in [5, 5.41) is 2.74. The number of amides is 1. The zero-order valence-electron chi connectivity index (χ0n) is 17.0. The molecule has 0 spiro atoms. The molecular formula is C22H26N2O5S. The molecule has 0 bridgehead atoms. The molecule has 0 saturated carbocycles. The van der Waals surface area contributed by atoms with Gasteiger partial charge in [0.2, 0.25) is 10.0 Å². The fourth-order valence-electron chi connectivity index (χ4n) is 3.14. The van der Waals surface area contributed by atoms with Crippen molar-refractivity contribution in [2.45, 2.75) is 37.5 Å². The lowest BCUT2D eigenvalue weighted by Crippen LogP contribution is -2.27. The first kappa shape index (κ1) is 22.0. The van der Waals surface area contributed by atoms with Gasteiger partial charge < -0.3 is 10.1 Å². The van der Waals surface area contributed by atoms with E-state index in [4.69, 9.17) is 4.74 Å². The van der Waals surface area contributed by atoms with E-state index in [0.29, 0.717) is 36.5 Å². The molecule has 2 aromatic rings. The van der Waals surface area contributed by atoms with Crippen LogP contribution in [0.4, 0.5) is 5.69 Å². The Morgan fingerprint density at radius 2 is 1.57 bits per heavy atom. The number of benzene rings is 2. The van der Waals surface area contributed by atoms with Gasteiger partial charge in [0, 0.05) is 24.3 Å². The third-order valence-corrected chi connectivity index (χ3v) is 6.84. The predicted octanol–water partition coefficient (Wildman–Crippen LogP) is 3.68. The molecule has 1 aliphatic heterocycles. The van der Waals surface area contributed by atoms with Crippen LogP contribution in [0.2, 0.25) is 0 Å². The summed E-state index contributed by atoms with van der Waals surface area (Å²) in [6.07, 6.45) is 3.51. The van der Waals surface area contributed by atoms with E-state index in [1.54, 1.807) is 24.3 Å². The molecular weight excluding hydrogens is 404 g/mol. The Morgan fingerprint density at radius 1 is 0.967 bits per heavy atom. The lowest BCUT2D eigenvalue weighted by molar-refractivity contribution is 0.0499. The summed E-state index contributed by atoms with van der Waals surface area (Å²) in [7, 11) is -3.50. The van der Waals surface area contributed by atoms with Gasteiger partial charge in [-0.3, -0.25) is 4.79 Å². The van der Waals surface area contributed by atoms with Crippen LogP contribution in [0.3, 0.4) is 0 Å². The number of rotatable bonds is 8. The van der Waals surface area contributed by atoms with Gasteiger partial charge in [-0.05, 0) is 67.8 Å². The van der Waals surface area contributed by atoms with E-state index >= 15 is 0 Å². The highest BCUT2D eigenvalue weighted by molar-refractivity contribution is 7.89. The molecule has 1 N–H and O–H groups in total. The summed E-state index contributed by atoms with van der Waals surface area (Å²) < 4.78 is 31.8. The third-order valence-electron chi connectivity index (χ3n) is 4.93. The van der Waals surface area contributed by atoms with Gasteiger partial charge in [0.15, 0.2) is 0 Å². The molecule has 0 aromatic heterocycles. The number of nitrogens with zero attached hydrogens (tertiary/aromatic N) is 1. The summed E-state index contributed by atoms with van der Waals surface area (Å²) in [6, 6.07) is 12.3. The van der Waals surface area contributed by atoms with Gasteiger partial charge in [0.25, 0.3) is 5.91 Å². The van der Waals surface area contributed by atoms with Crippen LogP contribution in [0.1, 0.15) is 53.3 Å². The maximum atomic E-state index is 12.6. The fraction of sp³-hybridized carbons (Fsp3) is 0.364. The number of ether oxygens (including phenoxy) is 1. The highest BCUT2D eigenvalue weighted by atomic mass is 32.2. The molecule has 3 rings (SSSR count). The Morgan fingerprint density at radius 3 is 2.17 bits per heavy atom. The van der Waals surface area contributed by atoms with Crippen molar-refractivity contribution in [2.75, 3.05) is 25.0 Å². The van der Waals surface area contributed by atoms with E-state index < -0.39 is 16.0 Å². The monoisotopic (exact) mass is 430 g/mol. The normalized spacial score (nSPS) is 14.4. The van der Waals surface area contributed by atoms with E-state index in [9.17, 15) is 18.0 Å². The molecule has 0 unspecified atom stereocenters. The Hall–Kier alpha value is -2.71. The quantitative estimate of drug-likeness (QED) is 0.509. The van der Waals surface area contributed by atoms with Gasteiger partial charge in [-0.25, -0.2) is 13.2 Å². The first-order valence-corrected chi connectivity index (χ1v) is 11.5. The molecule has 1 fully saturated rings. The first-order chi connectivity index (χ1) is 14.4. The van der Waals surface area contributed by atoms with Gasteiger partial charge in [-0.15, -0.1) is 0 Å². The number of carbonyl (C=O) groups is 2. The van der Waals surface area contributed by atoms with Crippen molar-refractivity contribution in [1.29, 1.82) is 0 Å². The van der Waals surface area contributed by atoms with Crippen LogP contribution >= 0.6 is 0 Å². The maximum Gasteiger partial charge on any atom is 0.338 e. The number of nitrogens with one attached hydrogen (secondary N) is 1. The second-order valence-corrected chi connectivity index (χ2v) is 9.09. The second kappa shape index (κ2) is 9.86. The summed E-state index contributed by atoms with van der Waals surface area (Å²) in [5.41, 5.74) is 1.29. The number of sulfonamides is 1. The van der Waals surface area contributed by atoms with E-state index in [-0.39, 0.29) is 10.8 Å². The zero-order chi connectivity index (χ0) is 21.6. The number of hydrogen-bond acceptors (Lipinski definition) is 5. The Bertz CT molecular complexity index is 979. The molecule has 160 valence electrons. The number of unbranched alkanes of at least 4 members (excludes halogenated alkanes) is 1. The highest BCUT2D eigenvalue weighted by Crippen LogP contribution is 2.21. The second-order valence-electron chi connectivity index (χ2n) is 7.16. The zero-order valence-corrected chi connectivity index (χ0v) is 17.8. The predicted molar refractivity (Wildman–Crippen MR) is 114 cm³/mol. The average molecular weight is 431 g/mol. The van der Waals surface area contributed by atoms with E-state index in [0.717, 1.165) is 25.7 Å². The molecule has 1 amide bonds. The Kier molecular flexibility index (Phi) is 7.23. The maximum absolute atomic E-state index is 12.6. The van der Waals surface area contributed by atoms with Gasteiger partial charge in [-0.2, -0.15) is 4.31 Å². The van der Waals surface area contributed by atoms with Crippen LogP contribution in [0.25, 0.3) is 0 Å². The van der Waals surface area contributed by atoms with Gasteiger partial charge in [-0.1, -0.05) is 13.3 Å². The molecule has 1 aliphatic rings. The van der Waals surface area contributed by atoms with Crippen LogP contribution in [-0.4, -0.2) is 44.3 Å². The van der Waals surface area contributed by atoms with Crippen molar-refractivity contribution >= 4 is 27.6 Å². The largest absolute Gasteiger partial charge is 0.462 e. The average Bonchev–Trinajstić information content (AvgIpc) is 3.30. The highest BCUT2D eigenvalue weighted by Gasteiger charge is 2.27. The minimum absolute atomic E-state index is 0.187. The van der Waals surface area contributed by atoms with E-state index in [1.165, 1.54) is 28.6 Å². The summed E-state index contributed by atoms with van der Waals surface area (Å²) in [4.78, 5) is 24.6. The Balaban J connectivity index is 1.61. The summed E-state index contributed by atoms with van der Waals surface area (Å²) >= 11 is 0. The molecule has 1 saturated heterocycles. The van der Waals surface area contributed by atoms with E-state index in [1.807, 2.05) is 6.92 Å². The van der Waals surface area contributed by atoms with Crippen molar-refractivity contribution in [3.8, 4) is 0 Å². The molecule has 30 heavy (non-hydrogen) atoms. The minimum Gasteiger partial charge on any atom is -0.462 e. The lowest BCUT2D eigenvalue weighted by Gasteiger charge is -2.15. The van der Waals surface area contributed by atoms with E-state index in [2.05, 4.69) is 5.32 Å². The van der Waals surface area contributed by atoms with Crippen molar-refractivity contribution in [3.63, 3.8) is 0 Å². The van der Waals surface area contributed by atoms with Crippen molar-refractivity contribution in [3.05, 3.63) is 59.7 Å². The number of esters is 1. The standard InChI is InChI=1S/C22H26N2O5S/c1-2-3-16-29-22(26)18-6-10-19(11-7-18)23-21(25)17-8-12-20(13-9-17)30(27,28)24-14-4-5-15-24/h6-13H,2-5,14-16H2,1H3,(H,23,25). The van der Waals surface area contributed by atoms with Crippen LogP contribution < -0.4 is 5.32 Å². The van der Waals surface area contributed by atoms with Crippen LogP contribution in [-0.2, 0) is 14.8 Å². The molecule has 8 heteroatoms. The van der Waals surface area contributed by atoms with Crippen LogP contribution in [0.5, 0.6) is 0 Å². The van der Waals surface area contributed by atoms with Crippen molar-refractivity contribution in [1.82, 2.24) is 4.31 Å². The SMILES string of the molecule is CCCCOC(=O)c1ccc(NC(=O)c2ccc(S(=O)(=O)N3CCCC3)cc2)cc1. The fourth-order valence-corrected chi connectivity index (χ4v) is 4.66. The molecule has 2 aromatic carbocycles. The summed E-state index contributed by atoms with van der Waals surface area (Å²) in [5.74, 6) is -0.755. The van der Waals surface area contributed by atoms with Crippen molar-refractivity contribution in [2.24, 2.45) is 0 Å². The van der Waals surface area contributed by atoms with Gasteiger partial charge in [0.05, 0.1) is 17.1 Å². The minimum atomic E-state index is -3.50.